The summed E-state index contributed by atoms with van der Waals surface area (Å²) in [7, 11) is 0. The van der Waals surface area contributed by atoms with Gasteiger partial charge < -0.3 is 10.2 Å². The van der Waals surface area contributed by atoms with Crippen LogP contribution in [0.5, 0.6) is 0 Å². The molecule has 2 amide bonds. The molecule has 1 N–H and O–H groups in total. The van der Waals surface area contributed by atoms with E-state index in [1.807, 2.05) is 42.5 Å². The Morgan fingerprint density at radius 1 is 1.03 bits per heavy atom. The number of carbonyl (C=O) groups is 2. The van der Waals surface area contributed by atoms with Crippen LogP contribution in [0.15, 0.2) is 73.1 Å². The van der Waals surface area contributed by atoms with Crippen LogP contribution in [-0.2, 0) is 22.7 Å². The molecule has 4 aromatic rings. The smallest absolute Gasteiger partial charge is 0.247 e. The number of pyridine rings is 1. The topological polar surface area (TPSA) is 93.0 Å². The Labute approximate surface area is 215 Å². The van der Waals surface area contributed by atoms with Gasteiger partial charge in [0.25, 0.3) is 0 Å². The van der Waals surface area contributed by atoms with Crippen LogP contribution in [0.3, 0.4) is 0 Å². The molecule has 0 bridgehead atoms. The summed E-state index contributed by atoms with van der Waals surface area (Å²) in [5.41, 5.74) is 2.84. The van der Waals surface area contributed by atoms with Crippen molar-refractivity contribution in [2.45, 2.75) is 39.4 Å². The van der Waals surface area contributed by atoms with Crippen molar-refractivity contribution in [1.82, 2.24) is 30.2 Å². The van der Waals surface area contributed by atoms with Gasteiger partial charge in [0.15, 0.2) is 0 Å². The van der Waals surface area contributed by atoms with Crippen molar-refractivity contribution in [1.29, 1.82) is 0 Å². The second kappa shape index (κ2) is 11.8. The number of halogens is 1. The molecule has 2 aromatic carbocycles. The average molecular weight is 505 g/mol. The molecule has 0 aliphatic rings. The fraction of sp³-hybridized carbons (Fsp3) is 0.296. The van der Waals surface area contributed by atoms with Gasteiger partial charge in [-0.05, 0) is 53.8 Å². The molecule has 4 rings (SSSR count). The third-order valence-corrected chi connectivity index (χ3v) is 6.30. The van der Waals surface area contributed by atoms with E-state index < -0.39 is 6.04 Å². The van der Waals surface area contributed by atoms with Gasteiger partial charge in [0.1, 0.15) is 18.1 Å². The predicted molar refractivity (Wildman–Crippen MR) is 139 cm³/mol. The van der Waals surface area contributed by atoms with Crippen LogP contribution in [0.25, 0.3) is 11.0 Å². The fourth-order valence-electron chi connectivity index (χ4n) is 3.99. The number of carbonyl (C=O) groups excluding carboxylic acids is 2. The molecule has 1 atom stereocenters. The van der Waals surface area contributed by atoms with Crippen LogP contribution in [0, 0.1) is 5.92 Å². The van der Waals surface area contributed by atoms with Crippen molar-refractivity contribution in [3.05, 3.63) is 89.2 Å². The van der Waals surface area contributed by atoms with Crippen LogP contribution in [0.1, 0.15) is 37.4 Å². The summed E-state index contributed by atoms with van der Waals surface area (Å²) in [5.74, 6) is -0.108. The summed E-state index contributed by atoms with van der Waals surface area (Å²) in [5, 5.41) is 11.9. The molecular weight excluding hydrogens is 476 g/mol. The lowest BCUT2D eigenvalue weighted by atomic mass is 10.0. The summed E-state index contributed by atoms with van der Waals surface area (Å²) in [4.78, 5) is 33.1. The van der Waals surface area contributed by atoms with E-state index in [-0.39, 0.29) is 24.9 Å². The van der Waals surface area contributed by atoms with E-state index in [1.54, 1.807) is 40.2 Å². The molecule has 36 heavy (non-hydrogen) atoms. The van der Waals surface area contributed by atoms with Gasteiger partial charge in [-0.1, -0.05) is 61.0 Å². The second-order valence-electron chi connectivity index (χ2n) is 9.01. The Hall–Kier alpha value is -3.78. The number of hydrogen-bond acceptors (Lipinski definition) is 5. The van der Waals surface area contributed by atoms with Crippen molar-refractivity contribution < 1.29 is 9.59 Å². The highest BCUT2D eigenvalue weighted by atomic mass is 35.5. The number of nitrogens with zero attached hydrogens (tertiary/aromatic N) is 5. The number of hydrogen-bond donors (Lipinski definition) is 1. The van der Waals surface area contributed by atoms with E-state index in [0.717, 1.165) is 17.5 Å². The molecule has 0 saturated carbocycles. The monoisotopic (exact) mass is 504 g/mol. The molecule has 2 aromatic heterocycles. The molecule has 0 radical (unpaired) electrons. The SMILES string of the molecule is CC(C)CCNC(=O)[C@H](c1ccncc1)N(Cc1ccccc1Cl)C(=O)Cn1nnc2ccccc21. The number of nitrogens with one attached hydrogen (secondary N) is 1. The van der Waals surface area contributed by atoms with Crippen molar-refractivity contribution >= 4 is 34.4 Å². The zero-order chi connectivity index (χ0) is 25.5. The summed E-state index contributed by atoms with van der Waals surface area (Å²) in [6.07, 6.45) is 4.07. The normalized spacial score (nSPS) is 12.0. The van der Waals surface area contributed by atoms with Crippen molar-refractivity contribution in [2.24, 2.45) is 5.92 Å². The Bertz CT molecular complexity index is 1320. The first-order valence-corrected chi connectivity index (χ1v) is 12.3. The van der Waals surface area contributed by atoms with Gasteiger partial charge in [0, 0.05) is 30.5 Å². The van der Waals surface area contributed by atoms with Gasteiger partial charge in [-0.15, -0.1) is 5.10 Å². The van der Waals surface area contributed by atoms with Crippen LogP contribution >= 0.6 is 11.6 Å². The number of amides is 2. The molecule has 8 nitrogen and oxygen atoms in total. The Kier molecular flexibility index (Phi) is 8.28. The van der Waals surface area contributed by atoms with E-state index in [1.165, 1.54) is 0 Å². The molecular formula is C27H29ClN6O2. The lowest BCUT2D eigenvalue weighted by molar-refractivity contribution is -0.142. The highest BCUT2D eigenvalue weighted by Gasteiger charge is 2.32. The lowest BCUT2D eigenvalue weighted by Crippen LogP contribution is -2.45. The number of rotatable bonds is 10. The first-order chi connectivity index (χ1) is 17.4. The zero-order valence-electron chi connectivity index (χ0n) is 20.3. The van der Waals surface area contributed by atoms with Crippen LogP contribution in [0.4, 0.5) is 0 Å². The minimum Gasteiger partial charge on any atom is -0.354 e. The van der Waals surface area contributed by atoms with Gasteiger partial charge in [0.05, 0.1) is 5.52 Å². The maximum Gasteiger partial charge on any atom is 0.247 e. The highest BCUT2D eigenvalue weighted by Crippen LogP contribution is 2.27. The van der Waals surface area contributed by atoms with Crippen molar-refractivity contribution in [2.75, 3.05) is 6.54 Å². The standard InChI is InChI=1S/C27H29ClN6O2/c1-19(2)11-16-30-27(36)26(20-12-14-29-15-13-20)33(17-21-7-3-4-8-22(21)28)25(35)18-34-24-10-6-5-9-23(24)31-32-34/h3-10,12-15,19,26H,11,16-18H2,1-2H3,(H,30,36)/t26-/m0/s1. The van der Waals surface area contributed by atoms with E-state index >= 15 is 0 Å². The molecule has 9 heteroatoms. The van der Waals surface area contributed by atoms with Crippen molar-refractivity contribution in [3.8, 4) is 0 Å². The van der Waals surface area contributed by atoms with Gasteiger partial charge in [-0.3, -0.25) is 14.6 Å². The molecule has 186 valence electrons. The van der Waals surface area contributed by atoms with Crippen molar-refractivity contribution in [3.63, 3.8) is 0 Å². The highest BCUT2D eigenvalue weighted by molar-refractivity contribution is 6.31. The molecule has 0 fully saturated rings. The summed E-state index contributed by atoms with van der Waals surface area (Å²) < 4.78 is 1.55. The largest absolute Gasteiger partial charge is 0.354 e. The number of benzene rings is 2. The van der Waals surface area contributed by atoms with Crippen LogP contribution in [0.2, 0.25) is 5.02 Å². The summed E-state index contributed by atoms with van der Waals surface area (Å²) in [6, 6.07) is 17.4. The number of para-hydroxylation sites is 1. The first-order valence-electron chi connectivity index (χ1n) is 11.9. The summed E-state index contributed by atoms with van der Waals surface area (Å²) in [6.45, 7) is 4.78. The molecule has 0 unspecified atom stereocenters. The van der Waals surface area contributed by atoms with Gasteiger partial charge in [-0.25, -0.2) is 4.68 Å². The zero-order valence-corrected chi connectivity index (χ0v) is 21.1. The predicted octanol–water partition coefficient (Wildman–Crippen LogP) is 4.41. The van der Waals surface area contributed by atoms with Gasteiger partial charge >= 0.3 is 0 Å². The average Bonchev–Trinajstić information content (AvgIpc) is 3.28. The molecule has 2 heterocycles. The number of fused-ring (bicyclic) bond motifs is 1. The van der Waals surface area contributed by atoms with E-state index in [2.05, 4.69) is 34.5 Å². The molecule has 0 aliphatic heterocycles. The van der Waals surface area contributed by atoms with E-state index in [9.17, 15) is 9.59 Å². The van der Waals surface area contributed by atoms with Gasteiger partial charge in [-0.2, -0.15) is 0 Å². The molecule has 0 spiro atoms. The summed E-state index contributed by atoms with van der Waals surface area (Å²) >= 11 is 6.47. The minimum absolute atomic E-state index is 0.0776. The fourth-order valence-corrected chi connectivity index (χ4v) is 4.18. The van der Waals surface area contributed by atoms with Crippen LogP contribution in [-0.4, -0.2) is 43.2 Å². The Morgan fingerprint density at radius 3 is 2.50 bits per heavy atom. The Morgan fingerprint density at radius 2 is 1.75 bits per heavy atom. The van der Waals surface area contributed by atoms with E-state index in [4.69, 9.17) is 11.6 Å². The van der Waals surface area contributed by atoms with Crippen LogP contribution < -0.4 is 5.32 Å². The molecule has 0 aliphatic carbocycles. The molecule has 0 saturated heterocycles. The Balaban J connectivity index is 1.71. The third kappa shape index (κ3) is 6.07. The maximum absolute atomic E-state index is 13.9. The first kappa shape index (κ1) is 25.3. The number of aromatic nitrogens is 4. The maximum atomic E-state index is 13.9. The minimum atomic E-state index is -0.876. The van der Waals surface area contributed by atoms with E-state index in [0.29, 0.717) is 28.6 Å². The third-order valence-electron chi connectivity index (χ3n) is 5.93. The lowest BCUT2D eigenvalue weighted by Gasteiger charge is -2.32. The quantitative estimate of drug-likeness (QED) is 0.345. The second-order valence-corrected chi connectivity index (χ2v) is 9.41. The van der Waals surface area contributed by atoms with Gasteiger partial charge in [0.2, 0.25) is 11.8 Å².